The lowest BCUT2D eigenvalue weighted by Crippen LogP contribution is -2.52. The number of nitrogens with zero attached hydrogens (tertiary/aromatic N) is 3. The number of hydrogen-bond acceptors (Lipinski definition) is 9. The summed E-state index contributed by atoms with van der Waals surface area (Å²) in [5, 5.41) is 2.93. The summed E-state index contributed by atoms with van der Waals surface area (Å²) in [5.41, 5.74) is 0.0973. The lowest BCUT2D eigenvalue weighted by Gasteiger charge is -2.36. The maximum atomic E-state index is 15.6. The van der Waals surface area contributed by atoms with Gasteiger partial charge >= 0.3 is 18.0 Å². The number of benzene rings is 1. The van der Waals surface area contributed by atoms with Gasteiger partial charge in [0.1, 0.15) is 18.2 Å². The van der Waals surface area contributed by atoms with Crippen molar-refractivity contribution in [2.75, 3.05) is 26.8 Å². The van der Waals surface area contributed by atoms with Gasteiger partial charge in [-0.2, -0.15) is 8.78 Å². The van der Waals surface area contributed by atoms with Crippen LogP contribution in [0.25, 0.3) is 11.0 Å². The second-order valence-electron chi connectivity index (χ2n) is 10.7. The number of nitrogens with one attached hydrogen (secondary N) is 1. The number of methoxy groups -OCH3 is 1. The molecule has 5 rings (SSSR count). The van der Waals surface area contributed by atoms with Gasteiger partial charge in [0.05, 0.1) is 30.9 Å². The molecule has 3 heterocycles. The summed E-state index contributed by atoms with van der Waals surface area (Å²) in [6.07, 6.45) is 1.31. The third-order valence-electron chi connectivity index (χ3n) is 7.65. The van der Waals surface area contributed by atoms with Crippen LogP contribution < -0.4 is 10.1 Å². The Labute approximate surface area is 231 Å². The number of carbonyl (C=O) groups excluding carboxylic acids is 2. The van der Waals surface area contributed by atoms with Gasteiger partial charge in [0, 0.05) is 25.6 Å². The van der Waals surface area contributed by atoms with Crippen molar-refractivity contribution in [3.63, 3.8) is 0 Å². The molecule has 6 unspecified atom stereocenters. The molecule has 1 amide bonds. The number of rotatable bonds is 2. The minimum Gasteiger partial charge on any atom is -0.471 e. The number of halogens is 2. The van der Waals surface area contributed by atoms with E-state index in [0.717, 1.165) is 0 Å². The molecule has 1 aliphatic carbocycles. The molecular weight excluding hydrogens is 526 g/mol. The topological polar surface area (TPSA) is 112 Å². The summed E-state index contributed by atoms with van der Waals surface area (Å²) >= 11 is 0. The van der Waals surface area contributed by atoms with Crippen molar-refractivity contribution in [1.29, 1.82) is 0 Å². The van der Waals surface area contributed by atoms with Crippen LogP contribution in [0.15, 0.2) is 36.4 Å². The Morgan fingerprint density at radius 2 is 1.85 bits per heavy atom. The number of amides is 1. The molecule has 1 aromatic carbocycles. The second-order valence-corrected chi connectivity index (χ2v) is 10.7. The number of alkyl halides is 2. The molecule has 0 spiro atoms. The van der Waals surface area contributed by atoms with Gasteiger partial charge in [-0.3, -0.25) is 9.69 Å². The lowest BCUT2D eigenvalue weighted by atomic mass is 9.92. The molecule has 40 heavy (non-hydrogen) atoms. The fraction of sp³-hybridized carbons (Fsp3) is 0.571. The molecule has 1 saturated heterocycles. The van der Waals surface area contributed by atoms with E-state index in [-0.39, 0.29) is 43.5 Å². The summed E-state index contributed by atoms with van der Waals surface area (Å²) in [7, 11) is 1.29. The van der Waals surface area contributed by atoms with Gasteiger partial charge in [0.25, 0.3) is 0 Å². The number of alkyl carbamates (subject to hydrolysis) is 1. The first-order valence-corrected chi connectivity index (χ1v) is 13.5. The summed E-state index contributed by atoms with van der Waals surface area (Å²) in [5.74, 6) is -4.28. The zero-order chi connectivity index (χ0) is 28.4. The third-order valence-corrected chi connectivity index (χ3v) is 7.65. The predicted molar refractivity (Wildman–Crippen MR) is 140 cm³/mol. The van der Waals surface area contributed by atoms with Crippen molar-refractivity contribution in [2.24, 2.45) is 5.92 Å². The van der Waals surface area contributed by atoms with Crippen molar-refractivity contribution in [2.45, 2.75) is 69.4 Å². The van der Waals surface area contributed by atoms with Gasteiger partial charge in [-0.15, -0.1) is 0 Å². The smallest absolute Gasteiger partial charge is 0.407 e. The fourth-order valence-corrected chi connectivity index (χ4v) is 5.19. The number of aromatic nitrogens is 2. The predicted octanol–water partition coefficient (Wildman–Crippen LogP) is 3.58. The first-order valence-electron chi connectivity index (χ1n) is 13.5. The first-order chi connectivity index (χ1) is 19.1. The molecule has 2 fully saturated rings. The highest BCUT2D eigenvalue weighted by Crippen LogP contribution is 2.37. The number of carbonyl (C=O) groups is 2. The molecule has 2 aromatic rings. The van der Waals surface area contributed by atoms with Crippen LogP contribution >= 0.6 is 0 Å². The van der Waals surface area contributed by atoms with Gasteiger partial charge in [0.2, 0.25) is 5.88 Å². The van der Waals surface area contributed by atoms with E-state index >= 15 is 8.78 Å². The minimum atomic E-state index is -3.51. The second kappa shape index (κ2) is 11.6. The number of hydrogen-bond donors (Lipinski definition) is 1. The molecule has 1 N–H and O–H groups in total. The average molecular weight is 561 g/mol. The van der Waals surface area contributed by atoms with Gasteiger partial charge < -0.3 is 24.3 Å². The Morgan fingerprint density at radius 1 is 1.12 bits per heavy atom. The Kier molecular flexibility index (Phi) is 8.18. The van der Waals surface area contributed by atoms with Crippen LogP contribution in [0, 0.1) is 5.92 Å². The zero-order valence-corrected chi connectivity index (χ0v) is 22.7. The average Bonchev–Trinajstić information content (AvgIpc) is 3.31. The molecule has 1 aromatic heterocycles. The summed E-state index contributed by atoms with van der Waals surface area (Å²) < 4.78 is 53.5. The van der Waals surface area contributed by atoms with E-state index in [9.17, 15) is 9.59 Å². The van der Waals surface area contributed by atoms with E-state index in [1.54, 1.807) is 24.3 Å². The molecule has 12 heteroatoms. The normalized spacial score (nSPS) is 30.5. The highest BCUT2D eigenvalue weighted by molar-refractivity contribution is 5.76. The molecular formula is C28H34F2N4O6. The highest BCUT2D eigenvalue weighted by atomic mass is 19.3. The van der Waals surface area contributed by atoms with Crippen molar-refractivity contribution < 1.29 is 37.3 Å². The third kappa shape index (κ3) is 6.02. The molecule has 216 valence electrons. The zero-order valence-electron chi connectivity index (χ0n) is 22.7. The largest absolute Gasteiger partial charge is 0.471 e. The maximum absolute atomic E-state index is 15.6. The van der Waals surface area contributed by atoms with Crippen LogP contribution in [0.1, 0.15) is 38.8 Å². The van der Waals surface area contributed by atoms with E-state index in [0.29, 0.717) is 36.5 Å². The van der Waals surface area contributed by atoms with Gasteiger partial charge in [-0.1, -0.05) is 32.1 Å². The number of para-hydroxylation sites is 2. The van der Waals surface area contributed by atoms with E-state index in [1.165, 1.54) is 13.2 Å². The van der Waals surface area contributed by atoms with Gasteiger partial charge in [0.15, 0.2) is 5.69 Å². The van der Waals surface area contributed by atoms with Crippen LogP contribution in [0.4, 0.5) is 13.6 Å². The van der Waals surface area contributed by atoms with Crippen LogP contribution in [0.2, 0.25) is 0 Å². The van der Waals surface area contributed by atoms with Crippen LogP contribution in [0.3, 0.4) is 0 Å². The SMILES string of the molecule is COC(=O)C1CC2CN1CC(C(C)C)NC(=O)OC1CCC1OCC=CC(F)(F)c1nc3ccccc3nc1O2. The number of allylic oxidation sites excluding steroid dienone is 1. The molecule has 3 aliphatic rings. The molecule has 0 radical (unpaired) electrons. The standard InChI is InChI=1S/C28H34F2N4O6/c1-16(2)20-15-34-14-17(13-21(34)26(35)37-3)39-25-24(31-18-7-4-5-8-19(18)32-25)28(29,30)11-6-12-38-22-9-10-23(22)40-27(36)33-20/h4-8,11,16-17,20-23H,9-10,12-15H2,1-3H3,(H,33,36). The van der Waals surface area contributed by atoms with Crippen molar-refractivity contribution in [3.05, 3.63) is 42.1 Å². The quantitative estimate of drug-likeness (QED) is 0.435. The Balaban J connectivity index is 1.51. The summed E-state index contributed by atoms with van der Waals surface area (Å²) in [6.45, 7) is 4.34. The molecule has 6 atom stereocenters. The maximum Gasteiger partial charge on any atom is 0.407 e. The Bertz CT molecular complexity index is 1270. The van der Waals surface area contributed by atoms with Crippen LogP contribution in [0.5, 0.6) is 5.88 Å². The van der Waals surface area contributed by atoms with E-state index in [4.69, 9.17) is 18.9 Å². The molecule has 2 aliphatic heterocycles. The molecule has 10 nitrogen and oxygen atoms in total. The van der Waals surface area contributed by atoms with E-state index < -0.39 is 41.9 Å². The van der Waals surface area contributed by atoms with E-state index in [2.05, 4.69) is 15.3 Å². The summed E-state index contributed by atoms with van der Waals surface area (Å²) in [6, 6.07) is 5.66. The van der Waals surface area contributed by atoms with Gasteiger partial charge in [-0.05, 0) is 37.0 Å². The minimum absolute atomic E-state index is 0.00614. The monoisotopic (exact) mass is 560 g/mol. The van der Waals surface area contributed by atoms with Crippen molar-refractivity contribution in [1.82, 2.24) is 20.2 Å². The van der Waals surface area contributed by atoms with Crippen LogP contribution in [-0.2, 0) is 24.9 Å². The van der Waals surface area contributed by atoms with Gasteiger partial charge in [-0.25, -0.2) is 14.8 Å². The first kappa shape index (κ1) is 28.2. The lowest BCUT2D eigenvalue weighted by molar-refractivity contribution is -0.146. The van der Waals surface area contributed by atoms with Crippen LogP contribution in [-0.4, -0.2) is 84.1 Å². The Morgan fingerprint density at radius 3 is 2.52 bits per heavy atom. The Hall–Kier alpha value is -3.38. The number of esters is 1. The number of ether oxygens (including phenoxy) is 4. The number of fused-ring (bicyclic) bond motifs is 5. The highest BCUT2D eigenvalue weighted by Gasteiger charge is 2.43. The van der Waals surface area contributed by atoms with Crippen molar-refractivity contribution >= 4 is 23.1 Å². The molecule has 2 bridgehead atoms. The molecule has 1 saturated carbocycles. The van der Waals surface area contributed by atoms with E-state index in [1.807, 2.05) is 18.7 Å². The fourth-order valence-electron chi connectivity index (χ4n) is 5.19. The summed E-state index contributed by atoms with van der Waals surface area (Å²) in [4.78, 5) is 35.9. The van der Waals surface area contributed by atoms with Crippen molar-refractivity contribution in [3.8, 4) is 5.88 Å².